The minimum absolute atomic E-state index is 0.0398. The number of carbonyl (C=O) groups excluding carboxylic acids is 1. The first kappa shape index (κ1) is 22.3. The highest BCUT2D eigenvalue weighted by Crippen LogP contribution is 2.28. The number of nitrogens with zero attached hydrogens (tertiary/aromatic N) is 3. The second-order valence-electron chi connectivity index (χ2n) is 7.93. The average Bonchev–Trinajstić information content (AvgIpc) is 2.68. The van der Waals surface area contributed by atoms with E-state index in [0.717, 1.165) is 41.6 Å². The molecule has 1 atom stereocenters. The maximum atomic E-state index is 13.4. The molecule has 0 aliphatic carbocycles. The number of benzene rings is 1. The SMILES string of the molecule is Cc1cc2nc(C(F)(F)F)c(=O)n([C@@H](C)C(=O)NCCN3CCCCC3)c2cc1C. The number of rotatable bonds is 5. The van der Waals surface area contributed by atoms with E-state index in [0.29, 0.717) is 13.1 Å². The van der Waals surface area contributed by atoms with Gasteiger partial charge in [0.25, 0.3) is 5.56 Å². The Balaban J connectivity index is 1.92. The van der Waals surface area contributed by atoms with Crippen LogP contribution >= 0.6 is 0 Å². The molecule has 164 valence electrons. The average molecular weight is 424 g/mol. The van der Waals surface area contributed by atoms with Crippen LogP contribution in [0.2, 0.25) is 0 Å². The second-order valence-corrected chi connectivity index (χ2v) is 7.93. The number of aryl methyl sites for hydroxylation is 2. The van der Waals surface area contributed by atoms with Gasteiger partial charge in [0.15, 0.2) is 0 Å². The molecule has 0 radical (unpaired) electrons. The number of hydrogen-bond donors (Lipinski definition) is 1. The highest BCUT2D eigenvalue weighted by molar-refractivity contribution is 5.84. The summed E-state index contributed by atoms with van der Waals surface area (Å²) in [4.78, 5) is 31.2. The van der Waals surface area contributed by atoms with E-state index in [1.807, 2.05) is 0 Å². The van der Waals surface area contributed by atoms with Crippen LogP contribution in [0.15, 0.2) is 16.9 Å². The lowest BCUT2D eigenvalue weighted by atomic mass is 10.1. The number of piperidine rings is 1. The van der Waals surface area contributed by atoms with E-state index in [9.17, 15) is 22.8 Å². The lowest BCUT2D eigenvalue weighted by Crippen LogP contribution is -2.42. The highest BCUT2D eigenvalue weighted by Gasteiger charge is 2.38. The van der Waals surface area contributed by atoms with Crippen molar-refractivity contribution in [2.24, 2.45) is 0 Å². The Morgan fingerprint density at radius 1 is 1.17 bits per heavy atom. The molecule has 0 bridgehead atoms. The van der Waals surface area contributed by atoms with E-state index < -0.39 is 29.4 Å². The van der Waals surface area contributed by atoms with Crippen molar-refractivity contribution >= 4 is 16.9 Å². The quantitative estimate of drug-likeness (QED) is 0.801. The van der Waals surface area contributed by atoms with E-state index >= 15 is 0 Å². The Morgan fingerprint density at radius 3 is 2.43 bits per heavy atom. The van der Waals surface area contributed by atoms with Crippen molar-refractivity contribution in [3.05, 3.63) is 39.3 Å². The molecule has 3 rings (SSSR count). The summed E-state index contributed by atoms with van der Waals surface area (Å²) >= 11 is 0. The van der Waals surface area contributed by atoms with Crippen LogP contribution in [0.4, 0.5) is 13.2 Å². The maximum Gasteiger partial charge on any atom is 0.438 e. The van der Waals surface area contributed by atoms with Gasteiger partial charge in [-0.1, -0.05) is 6.42 Å². The molecule has 2 aromatic rings. The summed E-state index contributed by atoms with van der Waals surface area (Å²) in [6.45, 7) is 8.01. The van der Waals surface area contributed by atoms with Crippen LogP contribution in [0.25, 0.3) is 11.0 Å². The molecular formula is C21H27F3N4O2. The van der Waals surface area contributed by atoms with E-state index in [1.165, 1.54) is 19.4 Å². The maximum absolute atomic E-state index is 13.4. The molecular weight excluding hydrogens is 397 g/mol. The first-order chi connectivity index (χ1) is 14.1. The molecule has 1 fully saturated rings. The Hall–Kier alpha value is -2.42. The minimum atomic E-state index is -4.91. The third kappa shape index (κ3) is 4.66. The van der Waals surface area contributed by atoms with Crippen LogP contribution in [0, 0.1) is 13.8 Å². The highest BCUT2D eigenvalue weighted by atomic mass is 19.4. The van der Waals surface area contributed by atoms with Crippen molar-refractivity contribution in [1.29, 1.82) is 0 Å². The Morgan fingerprint density at radius 2 is 1.80 bits per heavy atom. The molecule has 6 nitrogen and oxygen atoms in total. The van der Waals surface area contributed by atoms with Crippen molar-refractivity contribution in [2.45, 2.75) is 52.3 Å². The molecule has 1 aromatic heterocycles. The van der Waals surface area contributed by atoms with Crippen LogP contribution in [0.5, 0.6) is 0 Å². The number of aromatic nitrogens is 2. The summed E-state index contributed by atoms with van der Waals surface area (Å²) in [5, 5.41) is 2.76. The summed E-state index contributed by atoms with van der Waals surface area (Å²) in [6.07, 6.45) is -1.45. The molecule has 0 unspecified atom stereocenters. The van der Waals surface area contributed by atoms with Crippen molar-refractivity contribution < 1.29 is 18.0 Å². The number of carbonyl (C=O) groups is 1. The van der Waals surface area contributed by atoms with Crippen molar-refractivity contribution in [3.8, 4) is 0 Å². The van der Waals surface area contributed by atoms with Crippen molar-refractivity contribution in [1.82, 2.24) is 19.8 Å². The topological polar surface area (TPSA) is 67.2 Å². The Bertz CT molecular complexity index is 994. The van der Waals surface area contributed by atoms with Crippen LogP contribution in [-0.4, -0.2) is 46.5 Å². The smallest absolute Gasteiger partial charge is 0.353 e. The normalized spacial score (nSPS) is 16.6. The van der Waals surface area contributed by atoms with Gasteiger partial charge in [-0.3, -0.25) is 14.2 Å². The van der Waals surface area contributed by atoms with E-state index in [-0.39, 0.29) is 11.0 Å². The first-order valence-corrected chi connectivity index (χ1v) is 10.2. The van der Waals surface area contributed by atoms with Gasteiger partial charge < -0.3 is 10.2 Å². The van der Waals surface area contributed by atoms with Gasteiger partial charge in [0.2, 0.25) is 11.6 Å². The first-order valence-electron chi connectivity index (χ1n) is 10.2. The number of fused-ring (bicyclic) bond motifs is 1. The predicted octanol–water partition coefficient (Wildman–Crippen LogP) is 3.20. The van der Waals surface area contributed by atoms with Gasteiger partial charge >= 0.3 is 6.18 Å². The Labute approximate surface area is 173 Å². The van der Waals surface area contributed by atoms with Gasteiger partial charge in [-0.05, 0) is 70.0 Å². The minimum Gasteiger partial charge on any atom is -0.353 e. The van der Waals surface area contributed by atoms with E-state index in [2.05, 4.69) is 15.2 Å². The summed E-state index contributed by atoms with van der Waals surface area (Å²) in [5.41, 5.74) is -1.00. The van der Waals surface area contributed by atoms with Crippen LogP contribution < -0.4 is 10.9 Å². The number of hydrogen-bond acceptors (Lipinski definition) is 4. The largest absolute Gasteiger partial charge is 0.438 e. The zero-order valence-corrected chi connectivity index (χ0v) is 17.5. The molecule has 1 N–H and O–H groups in total. The molecule has 1 saturated heterocycles. The zero-order chi connectivity index (χ0) is 22.1. The standard InChI is InChI=1S/C21H27F3N4O2/c1-13-11-16-17(12-14(13)2)28(20(30)18(26-16)21(22,23)24)15(3)19(29)25-7-10-27-8-5-4-6-9-27/h11-12,15H,4-10H2,1-3H3,(H,25,29)/t15-/m0/s1. The van der Waals surface area contributed by atoms with E-state index in [1.54, 1.807) is 19.9 Å². The summed E-state index contributed by atoms with van der Waals surface area (Å²) < 4.78 is 41.2. The molecule has 2 heterocycles. The molecule has 0 saturated carbocycles. The van der Waals surface area contributed by atoms with Crippen molar-refractivity contribution in [2.75, 3.05) is 26.2 Å². The third-order valence-corrected chi connectivity index (χ3v) is 5.72. The van der Waals surface area contributed by atoms with Crippen LogP contribution in [-0.2, 0) is 11.0 Å². The molecule has 30 heavy (non-hydrogen) atoms. The second kappa shape index (κ2) is 8.75. The van der Waals surface area contributed by atoms with Crippen molar-refractivity contribution in [3.63, 3.8) is 0 Å². The van der Waals surface area contributed by atoms with Gasteiger partial charge in [-0.25, -0.2) is 4.98 Å². The zero-order valence-electron chi connectivity index (χ0n) is 17.5. The number of alkyl halides is 3. The summed E-state index contributed by atoms with van der Waals surface area (Å²) in [7, 11) is 0. The number of amides is 1. The lowest BCUT2D eigenvalue weighted by molar-refractivity contribution is -0.142. The fraction of sp³-hybridized carbons (Fsp3) is 0.571. The van der Waals surface area contributed by atoms with Gasteiger partial charge in [0.05, 0.1) is 11.0 Å². The predicted molar refractivity (Wildman–Crippen MR) is 108 cm³/mol. The lowest BCUT2D eigenvalue weighted by Gasteiger charge is -2.26. The van der Waals surface area contributed by atoms with Gasteiger partial charge in [-0.15, -0.1) is 0 Å². The van der Waals surface area contributed by atoms with Crippen LogP contribution in [0.3, 0.4) is 0 Å². The molecule has 9 heteroatoms. The monoisotopic (exact) mass is 424 g/mol. The summed E-state index contributed by atoms with van der Waals surface area (Å²) in [6, 6.07) is 2.01. The number of nitrogens with one attached hydrogen (secondary N) is 1. The number of halogens is 3. The Kier molecular flexibility index (Phi) is 6.50. The number of likely N-dealkylation sites (tertiary alicyclic amines) is 1. The van der Waals surface area contributed by atoms with E-state index in [4.69, 9.17) is 0 Å². The molecule has 1 aromatic carbocycles. The van der Waals surface area contributed by atoms with Gasteiger partial charge in [0, 0.05) is 13.1 Å². The van der Waals surface area contributed by atoms with Gasteiger partial charge in [0.1, 0.15) is 6.04 Å². The fourth-order valence-electron chi connectivity index (χ4n) is 3.81. The summed E-state index contributed by atoms with van der Waals surface area (Å²) in [5.74, 6) is -0.493. The molecule has 1 aliphatic rings. The molecule has 0 spiro atoms. The van der Waals surface area contributed by atoms with Crippen LogP contribution in [0.1, 0.15) is 49.0 Å². The fourth-order valence-corrected chi connectivity index (χ4v) is 3.81. The molecule has 1 aliphatic heterocycles. The van der Waals surface area contributed by atoms with Gasteiger partial charge in [-0.2, -0.15) is 13.2 Å². The molecule has 1 amide bonds. The third-order valence-electron chi connectivity index (χ3n) is 5.72.